The van der Waals surface area contributed by atoms with Gasteiger partial charge in [-0.05, 0) is 29.8 Å². The predicted octanol–water partition coefficient (Wildman–Crippen LogP) is 3.51. The van der Waals surface area contributed by atoms with E-state index in [4.69, 9.17) is 0 Å². The maximum absolute atomic E-state index is 11.6. The number of para-hydroxylation sites is 2. The van der Waals surface area contributed by atoms with Gasteiger partial charge < -0.3 is 4.90 Å². The van der Waals surface area contributed by atoms with Crippen molar-refractivity contribution in [2.24, 2.45) is 5.18 Å². The molecular formula is C16H12N2O2. The van der Waals surface area contributed by atoms with Gasteiger partial charge in [0.25, 0.3) is 0 Å². The van der Waals surface area contributed by atoms with Crippen molar-refractivity contribution in [1.29, 1.82) is 0 Å². The van der Waals surface area contributed by atoms with E-state index in [9.17, 15) is 9.70 Å². The van der Waals surface area contributed by atoms with E-state index < -0.39 is 5.91 Å². The van der Waals surface area contributed by atoms with Crippen LogP contribution in [0.1, 0.15) is 5.56 Å². The van der Waals surface area contributed by atoms with Gasteiger partial charge in [0.2, 0.25) is 0 Å². The Balaban J connectivity index is 2.11. The highest BCUT2D eigenvalue weighted by molar-refractivity contribution is 6.02. The van der Waals surface area contributed by atoms with Crippen molar-refractivity contribution in [2.75, 3.05) is 11.4 Å². The van der Waals surface area contributed by atoms with E-state index in [1.807, 2.05) is 59.5 Å². The number of carbonyl (C=O) groups excluding carboxylic acids is 1. The molecule has 0 radical (unpaired) electrons. The van der Waals surface area contributed by atoms with Crippen molar-refractivity contribution in [2.45, 2.75) is 0 Å². The second-order valence-corrected chi connectivity index (χ2v) is 4.55. The van der Waals surface area contributed by atoms with Gasteiger partial charge in [-0.2, -0.15) is 0 Å². The van der Waals surface area contributed by atoms with E-state index in [1.54, 1.807) is 6.08 Å². The van der Waals surface area contributed by atoms with Gasteiger partial charge in [0.15, 0.2) is 0 Å². The Bertz CT molecular complexity index is 693. The van der Waals surface area contributed by atoms with Crippen LogP contribution >= 0.6 is 0 Å². The summed E-state index contributed by atoms with van der Waals surface area (Å²) in [6, 6.07) is 17.5. The monoisotopic (exact) mass is 264 g/mol. The van der Waals surface area contributed by atoms with Crippen molar-refractivity contribution in [3.63, 3.8) is 0 Å². The summed E-state index contributed by atoms with van der Waals surface area (Å²) in [6.07, 6.45) is 1.73. The van der Waals surface area contributed by atoms with Crippen LogP contribution in [0.3, 0.4) is 0 Å². The highest BCUT2D eigenvalue weighted by Gasteiger charge is 2.23. The Morgan fingerprint density at radius 2 is 1.70 bits per heavy atom. The summed E-state index contributed by atoms with van der Waals surface area (Å²) < 4.78 is 0. The zero-order valence-electron chi connectivity index (χ0n) is 10.7. The number of nitroso groups, excluding NO2 is 1. The molecule has 4 heteroatoms. The fourth-order valence-corrected chi connectivity index (χ4v) is 2.37. The second kappa shape index (κ2) is 5.09. The molecule has 1 heterocycles. The Labute approximate surface area is 116 Å². The van der Waals surface area contributed by atoms with Crippen LogP contribution in [0, 0.1) is 4.91 Å². The lowest BCUT2D eigenvalue weighted by molar-refractivity contribution is -0.114. The number of hydrogen-bond acceptors (Lipinski definition) is 3. The first kappa shape index (κ1) is 12.3. The van der Waals surface area contributed by atoms with Crippen LogP contribution in [0.4, 0.5) is 11.4 Å². The number of anilines is 2. The molecule has 3 rings (SSSR count). The molecule has 0 fully saturated rings. The lowest BCUT2D eigenvalue weighted by Crippen LogP contribution is -2.26. The SMILES string of the molecule is O=NC(=O)C1=Cc2ccccc2N(c2ccccc2)C1. The predicted molar refractivity (Wildman–Crippen MR) is 78.7 cm³/mol. The third-order valence-electron chi connectivity index (χ3n) is 3.31. The molecule has 1 aliphatic rings. The van der Waals surface area contributed by atoms with Crippen molar-refractivity contribution < 1.29 is 4.79 Å². The molecule has 0 atom stereocenters. The van der Waals surface area contributed by atoms with Gasteiger partial charge in [0, 0.05) is 22.1 Å². The van der Waals surface area contributed by atoms with Gasteiger partial charge in [0.1, 0.15) is 0 Å². The summed E-state index contributed by atoms with van der Waals surface area (Å²) in [7, 11) is 0. The zero-order chi connectivity index (χ0) is 13.9. The average Bonchev–Trinajstić information content (AvgIpc) is 2.54. The van der Waals surface area contributed by atoms with Crippen molar-refractivity contribution >= 4 is 23.4 Å². The first-order valence-corrected chi connectivity index (χ1v) is 6.29. The molecule has 0 aromatic heterocycles. The normalized spacial score (nSPS) is 13.4. The van der Waals surface area contributed by atoms with Crippen molar-refractivity contribution in [3.05, 3.63) is 70.6 Å². The summed E-state index contributed by atoms with van der Waals surface area (Å²) in [6.45, 7) is 0.353. The molecule has 0 saturated heterocycles. The van der Waals surface area contributed by atoms with E-state index in [2.05, 4.69) is 5.18 Å². The molecule has 1 amide bonds. The van der Waals surface area contributed by atoms with Crippen LogP contribution in [-0.4, -0.2) is 12.5 Å². The Kier molecular flexibility index (Phi) is 3.13. The molecule has 98 valence electrons. The van der Waals surface area contributed by atoms with Crippen LogP contribution < -0.4 is 4.90 Å². The maximum atomic E-state index is 11.6. The highest BCUT2D eigenvalue weighted by Crippen LogP contribution is 2.34. The number of amides is 1. The summed E-state index contributed by atoms with van der Waals surface area (Å²) in [5.41, 5.74) is 3.31. The van der Waals surface area contributed by atoms with E-state index in [0.717, 1.165) is 16.9 Å². The minimum absolute atomic E-state index is 0.353. The van der Waals surface area contributed by atoms with Gasteiger partial charge in [-0.1, -0.05) is 36.4 Å². The number of fused-ring (bicyclic) bond motifs is 1. The number of carbonyl (C=O) groups is 1. The van der Waals surface area contributed by atoms with E-state index >= 15 is 0 Å². The lowest BCUT2D eigenvalue weighted by Gasteiger charge is -2.30. The number of hydrogen-bond donors (Lipinski definition) is 0. The van der Waals surface area contributed by atoms with Crippen molar-refractivity contribution in [1.82, 2.24) is 0 Å². The van der Waals surface area contributed by atoms with Crippen LogP contribution in [0.2, 0.25) is 0 Å². The maximum Gasteiger partial charge on any atom is 0.314 e. The number of rotatable bonds is 2. The summed E-state index contributed by atoms with van der Waals surface area (Å²) >= 11 is 0. The largest absolute Gasteiger partial charge is 0.336 e. The zero-order valence-corrected chi connectivity index (χ0v) is 10.7. The summed E-state index contributed by atoms with van der Waals surface area (Å²) in [5, 5.41) is 2.53. The minimum atomic E-state index is -0.708. The molecule has 1 aliphatic heterocycles. The van der Waals surface area contributed by atoms with Gasteiger partial charge in [0.05, 0.1) is 6.54 Å². The van der Waals surface area contributed by atoms with Crippen LogP contribution in [0.15, 0.2) is 65.3 Å². The quantitative estimate of drug-likeness (QED) is 0.780. The van der Waals surface area contributed by atoms with Crippen LogP contribution in [0.25, 0.3) is 6.08 Å². The summed E-state index contributed by atoms with van der Waals surface area (Å²) in [5.74, 6) is -0.708. The molecular weight excluding hydrogens is 252 g/mol. The first-order valence-electron chi connectivity index (χ1n) is 6.29. The fraction of sp³-hybridized carbons (Fsp3) is 0.0625. The first-order chi connectivity index (χ1) is 9.79. The van der Waals surface area contributed by atoms with Crippen LogP contribution in [-0.2, 0) is 4.79 Å². The van der Waals surface area contributed by atoms with Gasteiger partial charge in [-0.25, -0.2) is 0 Å². The van der Waals surface area contributed by atoms with Crippen molar-refractivity contribution in [3.8, 4) is 0 Å². The molecule has 0 aliphatic carbocycles. The Morgan fingerprint density at radius 3 is 2.45 bits per heavy atom. The molecule has 0 saturated carbocycles. The van der Waals surface area contributed by atoms with E-state index in [1.165, 1.54) is 0 Å². The van der Waals surface area contributed by atoms with Gasteiger partial charge in [-0.15, -0.1) is 4.91 Å². The highest BCUT2D eigenvalue weighted by atomic mass is 16.3. The summed E-state index contributed by atoms with van der Waals surface area (Å²) in [4.78, 5) is 24.1. The molecule has 2 aromatic rings. The molecule has 2 aromatic carbocycles. The topological polar surface area (TPSA) is 49.7 Å². The second-order valence-electron chi connectivity index (χ2n) is 4.55. The third kappa shape index (κ3) is 2.12. The Hall–Kier alpha value is -2.75. The molecule has 0 unspecified atom stereocenters. The van der Waals surface area contributed by atoms with Gasteiger partial charge >= 0.3 is 5.91 Å². The molecule has 0 N–H and O–H groups in total. The lowest BCUT2D eigenvalue weighted by atomic mass is 10.0. The fourth-order valence-electron chi connectivity index (χ4n) is 2.37. The van der Waals surface area contributed by atoms with E-state index in [0.29, 0.717) is 12.1 Å². The van der Waals surface area contributed by atoms with Crippen LogP contribution in [0.5, 0.6) is 0 Å². The molecule has 4 nitrogen and oxygen atoms in total. The molecule has 0 spiro atoms. The number of nitrogens with zero attached hydrogens (tertiary/aromatic N) is 2. The average molecular weight is 264 g/mol. The Morgan fingerprint density at radius 1 is 1.00 bits per heavy atom. The molecule has 20 heavy (non-hydrogen) atoms. The molecule has 0 bridgehead atoms. The minimum Gasteiger partial charge on any atom is -0.336 e. The third-order valence-corrected chi connectivity index (χ3v) is 3.31. The van der Waals surface area contributed by atoms with E-state index in [-0.39, 0.29) is 0 Å². The number of benzene rings is 2. The smallest absolute Gasteiger partial charge is 0.314 e. The van der Waals surface area contributed by atoms with Gasteiger partial charge in [-0.3, -0.25) is 4.79 Å². The standard InChI is InChI=1S/C16H12N2O2/c19-16(17-20)13-10-12-6-4-5-9-15(12)18(11-13)14-7-2-1-3-8-14/h1-10H,11H2.